The molecule has 0 aliphatic rings. The van der Waals surface area contributed by atoms with Crippen molar-refractivity contribution >= 4 is 34.9 Å². The van der Waals surface area contributed by atoms with Gasteiger partial charge in [0.05, 0.1) is 10.7 Å². The number of hydrogen-bond acceptors (Lipinski definition) is 6. The maximum Gasteiger partial charge on any atom is 0.322 e. The van der Waals surface area contributed by atoms with Crippen molar-refractivity contribution in [3.63, 3.8) is 0 Å². The second-order valence-electron chi connectivity index (χ2n) is 5.50. The van der Waals surface area contributed by atoms with E-state index < -0.39 is 5.97 Å². The molecule has 2 N–H and O–H groups in total. The smallest absolute Gasteiger partial charge is 0.322 e. The van der Waals surface area contributed by atoms with Gasteiger partial charge in [-0.25, -0.2) is 0 Å². The molecule has 1 aromatic heterocycles. The molecule has 7 nitrogen and oxygen atoms in total. The minimum absolute atomic E-state index is 0.262. The Morgan fingerprint density at radius 3 is 2.70 bits per heavy atom. The number of hydrogen-bond donors (Lipinski definition) is 2. The number of carboxylic acid groups (broad SMARTS) is 1. The van der Waals surface area contributed by atoms with E-state index in [1.165, 1.54) is 0 Å². The number of nitrogens with one attached hydrogen (secondary N) is 1. The van der Waals surface area contributed by atoms with Crippen molar-refractivity contribution < 1.29 is 19.2 Å². The van der Waals surface area contributed by atoms with Gasteiger partial charge in [-0.2, -0.15) is 4.98 Å². The number of aryl methyl sites for hydroxylation is 1. The molecular weight excluding hydrogens is 393 g/mol. The van der Waals surface area contributed by atoms with Gasteiger partial charge in [0.1, 0.15) is 12.3 Å². The second kappa shape index (κ2) is 8.28. The summed E-state index contributed by atoms with van der Waals surface area (Å²) in [5, 5.41) is 16.3. The first-order valence-electron chi connectivity index (χ1n) is 8.02. The molecule has 1 heterocycles. The first kappa shape index (κ1) is 19.0. The van der Waals surface area contributed by atoms with Crippen LogP contribution < -0.4 is 10.1 Å². The highest BCUT2D eigenvalue weighted by Gasteiger charge is 2.13. The summed E-state index contributed by atoms with van der Waals surface area (Å²) in [6.45, 7) is 1.66. The maximum absolute atomic E-state index is 10.8. The van der Waals surface area contributed by atoms with E-state index in [0.29, 0.717) is 50.9 Å². The number of nitrogens with zero attached hydrogens (tertiary/aromatic N) is 2. The van der Waals surface area contributed by atoms with Crippen molar-refractivity contribution in [3.05, 3.63) is 52.3 Å². The third kappa shape index (κ3) is 4.69. The van der Waals surface area contributed by atoms with Crippen LogP contribution in [-0.2, 0) is 11.2 Å². The van der Waals surface area contributed by atoms with E-state index in [4.69, 9.17) is 37.6 Å². The highest BCUT2D eigenvalue weighted by atomic mass is 35.5. The molecule has 0 spiro atoms. The fourth-order valence-corrected chi connectivity index (χ4v) is 2.64. The van der Waals surface area contributed by atoms with Gasteiger partial charge in [0.25, 0.3) is 0 Å². The van der Waals surface area contributed by atoms with E-state index in [2.05, 4.69) is 15.5 Å². The molecule has 2 aromatic carbocycles. The van der Waals surface area contributed by atoms with Gasteiger partial charge in [-0.15, -0.1) is 0 Å². The van der Waals surface area contributed by atoms with Gasteiger partial charge in [-0.1, -0.05) is 35.3 Å². The zero-order valence-electron chi connectivity index (χ0n) is 14.2. The SMILES string of the molecule is CCc1nc(-c2ccc(Oc3cc(Cl)ccc3NCC(=O)O)c(Cl)c2)no1. The van der Waals surface area contributed by atoms with Crippen LogP contribution in [0, 0.1) is 0 Å². The highest BCUT2D eigenvalue weighted by molar-refractivity contribution is 6.32. The Labute approximate surface area is 164 Å². The molecule has 0 atom stereocenters. The summed E-state index contributed by atoms with van der Waals surface area (Å²) in [7, 11) is 0. The molecule has 0 saturated carbocycles. The van der Waals surface area contributed by atoms with Crippen LogP contribution in [0.3, 0.4) is 0 Å². The van der Waals surface area contributed by atoms with Crippen LogP contribution in [0.2, 0.25) is 10.0 Å². The molecule has 27 heavy (non-hydrogen) atoms. The van der Waals surface area contributed by atoms with Crippen molar-refractivity contribution in [2.75, 3.05) is 11.9 Å². The summed E-state index contributed by atoms with van der Waals surface area (Å²) in [4.78, 5) is 15.0. The van der Waals surface area contributed by atoms with Crippen LogP contribution in [0.1, 0.15) is 12.8 Å². The standard InChI is InChI=1S/C18H15Cl2N3O4/c1-2-16-22-18(23-27-16)10-3-6-14(12(20)7-10)26-15-8-11(19)4-5-13(15)21-9-17(24)25/h3-8,21H,2,9H2,1H3,(H,24,25). The Morgan fingerprint density at radius 1 is 1.22 bits per heavy atom. The van der Waals surface area contributed by atoms with Crippen LogP contribution in [-0.4, -0.2) is 27.8 Å². The summed E-state index contributed by atoms with van der Waals surface area (Å²) in [5.41, 5.74) is 1.17. The first-order valence-corrected chi connectivity index (χ1v) is 8.77. The van der Waals surface area contributed by atoms with Gasteiger partial charge in [0.15, 0.2) is 5.75 Å². The second-order valence-corrected chi connectivity index (χ2v) is 6.34. The number of aliphatic carboxylic acids is 1. The Balaban J connectivity index is 1.85. The van der Waals surface area contributed by atoms with Crippen molar-refractivity contribution in [1.29, 1.82) is 0 Å². The topological polar surface area (TPSA) is 97.5 Å². The molecule has 0 radical (unpaired) electrons. The van der Waals surface area contributed by atoms with E-state index in [0.717, 1.165) is 0 Å². The lowest BCUT2D eigenvalue weighted by atomic mass is 10.2. The van der Waals surface area contributed by atoms with Gasteiger partial charge in [0, 0.05) is 23.1 Å². The van der Waals surface area contributed by atoms with Crippen LogP contribution in [0.5, 0.6) is 11.5 Å². The number of halogens is 2. The van der Waals surface area contributed by atoms with Crippen molar-refractivity contribution in [1.82, 2.24) is 10.1 Å². The van der Waals surface area contributed by atoms with Crippen molar-refractivity contribution in [3.8, 4) is 22.9 Å². The number of rotatable bonds is 7. The van der Waals surface area contributed by atoms with E-state index in [9.17, 15) is 4.79 Å². The summed E-state index contributed by atoms with van der Waals surface area (Å²) in [6.07, 6.45) is 0.642. The summed E-state index contributed by atoms with van der Waals surface area (Å²) in [6, 6.07) is 9.92. The minimum atomic E-state index is -0.996. The van der Waals surface area contributed by atoms with E-state index in [1.807, 2.05) is 6.92 Å². The lowest BCUT2D eigenvalue weighted by Gasteiger charge is -2.13. The van der Waals surface area contributed by atoms with Gasteiger partial charge < -0.3 is 19.7 Å². The molecule has 3 aromatic rings. The Hall–Kier alpha value is -2.77. The van der Waals surface area contributed by atoms with Crippen molar-refractivity contribution in [2.45, 2.75) is 13.3 Å². The number of aromatic nitrogens is 2. The number of benzene rings is 2. The third-order valence-electron chi connectivity index (χ3n) is 3.55. The third-order valence-corrected chi connectivity index (χ3v) is 4.08. The number of carboxylic acids is 1. The fourth-order valence-electron chi connectivity index (χ4n) is 2.25. The van der Waals surface area contributed by atoms with Gasteiger partial charge in [-0.3, -0.25) is 4.79 Å². The molecule has 0 bridgehead atoms. The van der Waals surface area contributed by atoms with E-state index >= 15 is 0 Å². The molecule has 0 aliphatic heterocycles. The van der Waals surface area contributed by atoms with Crippen LogP contribution >= 0.6 is 23.2 Å². The molecule has 0 fully saturated rings. The number of ether oxygens (including phenoxy) is 1. The average Bonchev–Trinajstić information content (AvgIpc) is 3.12. The summed E-state index contributed by atoms with van der Waals surface area (Å²) < 4.78 is 10.9. The lowest BCUT2D eigenvalue weighted by molar-refractivity contribution is -0.134. The number of carbonyl (C=O) groups is 1. The Morgan fingerprint density at radius 2 is 2.04 bits per heavy atom. The monoisotopic (exact) mass is 407 g/mol. The largest absolute Gasteiger partial charge is 0.480 e. The lowest BCUT2D eigenvalue weighted by Crippen LogP contribution is -2.12. The maximum atomic E-state index is 10.8. The van der Waals surface area contributed by atoms with Crippen LogP contribution in [0.4, 0.5) is 5.69 Å². The Kier molecular flexibility index (Phi) is 5.83. The van der Waals surface area contributed by atoms with Gasteiger partial charge in [-0.05, 0) is 30.3 Å². The molecule has 0 amide bonds. The zero-order chi connectivity index (χ0) is 19.4. The van der Waals surface area contributed by atoms with Crippen LogP contribution in [0.25, 0.3) is 11.4 Å². The van der Waals surface area contributed by atoms with E-state index in [1.54, 1.807) is 36.4 Å². The van der Waals surface area contributed by atoms with Crippen LogP contribution in [0.15, 0.2) is 40.9 Å². The predicted molar refractivity (Wildman–Crippen MR) is 102 cm³/mol. The molecule has 0 unspecified atom stereocenters. The first-order chi connectivity index (χ1) is 13.0. The van der Waals surface area contributed by atoms with Gasteiger partial charge in [0.2, 0.25) is 11.7 Å². The molecule has 0 aliphatic carbocycles. The quantitative estimate of drug-likeness (QED) is 0.574. The molecule has 9 heteroatoms. The average molecular weight is 408 g/mol. The van der Waals surface area contributed by atoms with E-state index in [-0.39, 0.29) is 6.54 Å². The van der Waals surface area contributed by atoms with Crippen molar-refractivity contribution in [2.24, 2.45) is 0 Å². The molecule has 140 valence electrons. The van der Waals surface area contributed by atoms with Gasteiger partial charge >= 0.3 is 5.97 Å². The minimum Gasteiger partial charge on any atom is -0.480 e. The molecule has 3 rings (SSSR count). The number of anilines is 1. The Bertz CT molecular complexity index is 975. The molecular formula is C18H15Cl2N3O4. The summed E-state index contributed by atoms with van der Waals surface area (Å²) in [5.74, 6) is 0.706. The zero-order valence-corrected chi connectivity index (χ0v) is 15.7. The fraction of sp³-hybridized carbons (Fsp3) is 0.167. The highest BCUT2D eigenvalue weighted by Crippen LogP contribution is 2.37. The summed E-state index contributed by atoms with van der Waals surface area (Å²) >= 11 is 12.4. The predicted octanol–water partition coefficient (Wildman–Crippen LogP) is 4.89. The normalized spacial score (nSPS) is 10.6. The molecule has 0 saturated heterocycles.